The fraction of sp³-hybridized carbons (Fsp3) is 0.455. The lowest BCUT2D eigenvalue weighted by Crippen LogP contribution is -1.99. The average molecular weight is 329 g/mol. The van der Waals surface area contributed by atoms with E-state index >= 15 is 0 Å². The van der Waals surface area contributed by atoms with Gasteiger partial charge in [0.25, 0.3) is 0 Å². The van der Waals surface area contributed by atoms with Crippen LogP contribution in [0.25, 0.3) is 0 Å². The van der Waals surface area contributed by atoms with Crippen LogP contribution in [0, 0.1) is 0 Å². The van der Waals surface area contributed by atoms with Crippen molar-refractivity contribution in [2.24, 2.45) is 0 Å². The van der Waals surface area contributed by atoms with E-state index < -0.39 is 5.51 Å². The molecular weight excluding hydrogens is 317 g/mol. The minimum absolute atomic E-state index is 0.120. The van der Waals surface area contributed by atoms with Crippen molar-refractivity contribution in [1.29, 1.82) is 0 Å². The van der Waals surface area contributed by atoms with Gasteiger partial charge in [-0.2, -0.15) is 13.2 Å². The molecule has 0 fully saturated rings. The standard InChI is InChI=1S/C11H12BrF3OS/c12-7-1-2-8-16-9-3-5-10(6-4-9)17-11(13,14)15/h3-6H,1-2,7-8H2. The van der Waals surface area contributed by atoms with Gasteiger partial charge in [-0.05, 0) is 48.9 Å². The summed E-state index contributed by atoms with van der Waals surface area (Å²) >= 11 is 3.19. The van der Waals surface area contributed by atoms with E-state index in [4.69, 9.17) is 4.74 Å². The number of unbranched alkanes of at least 4 members (excludes halogenated alkanes) is 1. The van der Waals surface area contributed by atoms with E-state index in [1.54, 1.807) is 12.1 Å². The molecule has 0 aliphatic rings. The van der Waals surface area contributed by atoms with Gasteiger partial charge in [0.05, 0.1) is 6.61 Å². The first-order valence-corrected chi connectivity index (χ1v) is 6.99. The van der Waals surface area contributed by atoms with Crippen LogP contribution >= 0.6 is 27.7 Å². The highest BCUT2D eigenvalue weighted by Crippen LogP contribution is 2.37. The van der Waals surface area contributed by atoms with E-state index in [2.05, 4.69) is 15.9 Å². The van der Waals surface area contributed by atoms with Crippen molar-refractivity contribution >= 4 is 27.7 Å². The van der Waals surface area contributed by atoms with Gasteiger partial charge in [-0.3, -0.25) is 0 Å². The molecule has 0 N–H and O–H groups in total. The van der Waals surface area contributed by atoms with Crippen molar-refractivity contribution in [3.8, 4) is 5.75 Å². The maximum absolute atomic E-state index is 12.1. The SMILES string of the molecule is FC(F)(F)Sc1ccc(OCCCCBr)cc1. The van der Waals surface area contributed by atoms with Gasteiger partial charge in [-0.1, -0.05) is 15.9 Å². The van der Waals surface area contributed by atoms with Crippen molar-refractivity contribution in [2.45, 2.75) is 23.2 Å². The van der Waals surface area contributed by atoms with Gasteiger partial charge in [0.2, 0.25) is 0 Å². The minimum atomic E-state index is -4.24. The van der Waals surface area contributed by atoms with Crippen LogP contribution < -0.4 is 4.74 Å². The molecule has 0 atom stereocenters. The second-order valence-corrected chi connectivity index (χ2v) is 5.20. The van der Waals surface area contributed by atoms with Gasteiger partial charge in [0.1, 0.15) is 5.75 Å². The first kappa shape index (κ1) is 14.7. The van der Waals surface area contributed by atoms with Crippen molar-refractivity contribution in [1.82, 2.24) is 0 Å². The van der Waals surface area contributed by atoms with Gasteiger partial charge in [0.15, 0.2) is 0 Å². The van der Waals surface area contributed by atoms with E-state index in [9.17, 15) is 13.2 Å². The monoisotopic (exact) mass is 328 g/mol. The van der Waals surface area contributed by atoms with E-state index in [1.807, 2.05) is 0 Å². The van der Waals surface area contributed by atoms with Crippen LogP contribution in [0.1, 0.15) is 12.8 Å². The lowest BCUT2D eigenvalue weighted by molar-refractivity contribution is -0.0328. The molecule has 0 aliphatic carbocycles. The highest BCUT2D eigenvalue weighted by Gasteiger charge is 2.28. The second-order valence-electron chi connectivity index (χ2n) is 3.26. The van der Waals surface area contributed by atoms with Crippen LogP contribution in [0.15, 0.2) is 29.2 Å². The maximum atomic E-state index is 12.1. The van der Waals surface area contributed by atoms with Crippen molar-refractivity contribution < 1.29 is 17.9 Å². The molecule has 0 spiro atoms. The Bertz CT molecular complexity index is 326. The number of halogens is 4. The second kappa shape index (κ2) is 7.16. The van der Waals surface area contributed by atoms with Crippen LogP contribution in [-0.2, 0) is 0 Å². The molecule has 1 nitrogen and oxygen atoms in total. The molecular formula is C11H12BrF3OS. The van der Waals surface area contributed by atoms with E-state index in [0.29, 0.717) is 12.4 Å². The van der Waals surface area contributed by atoms with Crippen LogP contribution in [-0.4, -0.2) is 17.4 Å². The quantitative estimate of drug-likeness (QED) is 0.419. The summed E-state index contributed by atoms with van der Waals surface area (Å²) in [6.45, 7) is 0.581. The molecule has 17 heavy (non-hydrogen) atoms. The first-order chi connectivity index (χ1) is 8.01. The fourth-order valence-corrected chi connectivity index (χ4v) is 2.06. The Morgan fingerprint density at radius 2 is 1.76 bits per heavy atom. The third kappa shape index (κ3) is 6.83. The molecule has 0 radical (unpaired) electrons. The molecule has 1 aromatic rings. The molecule has 96 valence electrons. The minimum Gasteiger partial charge on any atom is -0.494 e. The fourth-order valence-electron chi connectivity index (χ4n) is 1.12. The molecule has 0 saturated heterocycles. The molecule has 1 aromatic carbocycles. The molecule has 0 amide bonds. The molecule has 6 heteroatoms. The smallest absolute Gasteiger partial charge is 0.446 e. The van der Waals surface area contributed by atoms with Gasteiger partial charge < -0.3 is 4.74 Å². The predicted molar refractivity (Wildman–Crippen MR) is 66.9 cm³/mol. The number of benzene rings is 1. The Morgan fingerprint density at radius 1 is 1.12 bits per heavy atom. The van der Waals surface area contributed by atoms with E-state index in [0.717, 1.165) is 18.2 Å². The summed E-state index contributed by atoms with van der Waals surface area (Å²) in [6, 6.07) is 5.94. The molecule has 0 heterocycles. The molecule has 0 unspecified atom stereocenters. The number of ether oxygens (including phenoxy) is 1. The van der Waals surface area contributed by atoms with Crippen molar-refractivity contribution in [2.75, 3.05) is 11.9 Å². The summed E-state index contributed by atoms with van der Waals surface area (Å²) < 4.78 is 41.6. The van der Waals surface area contributed by atoms with E-state index in [1.165, 1.54) is 12.1 Å². The summed E-state index contributed by atoms with van der Waals surface area (Å²) in [6.07, 6.45) is 1.94. The summed E-state index contributed by atoms with van der Waals surface area (Å²) in [5.41, 5.74) is -4.24. The highest BCUT2D eigenvalue weighted by molar-refractivity contribution is 9.09. The Hall–Kier alpha value is -0.360. The zero-order chi connectivity index (χ0) is 12.7. The Labute approximate surface area is 111 Å². The average Bonchev–Trinajstić information content (AvgIpc) is 2.25. The third-order valence-corrected chi connectivity index (χ3v) is 3.15. The summed E-state index contributed by atoms with van der Waals surface area (Å²) in [7, 11) is 0. The first-order valence-electron chi connectivity index (χ1n) is 5.06. The van der Waals surface area contributed by atoms with Crippen LogP contribution in [0.4, 0.5) is 13.2 Å². The summed E-state index contributed by atoms with van der Waals surface area (Å²) in [5, 5.41) is 0.928. The van der Waals surface area contributed by atoms with E-state index in [-0.39, 0.29) is 16.7 Å². The normalized spacial score (nSPS) is 11.5. The zero-order valence-electron chi connectivity index (χ0n) is 8.97. The Morgan fingerprint density at radius 3 is 2.29 bits per heavy atom. The third-order valence-electron chi connectivity index (χ3n) is 1.85. The number of thioether (sulfide) groups is 1. The predicted octanol–water partition coefficient (Wildman–Crippen LogP) is 4.85. The molecule has 0 saturated carbocycles. The molecule has 1 rings (SSSR count). The van der Waals surface area contributed by atoms with Gasteiger partial charge >= 0.3 is 5.51 Å². The highest BCUT2D eigenvalue weighted by atomic mass is 79.9. The largest absolute Gasteiger partial charge is 0.494 e. The molecule has 0 bridgehead atoms. The molecule has 0 aliphatic heterocycles. The van der Waals surface area contributed by atoms with Gasteiger partial charge in [-0.25, -0.2) is 0 Å². The Balaban J connectivity index is 2.39. The van der Waals surface area contributed by atoms with Crippen molar-refractivity contribution in [3.05, 3.63) is 24.3 Å². The van der Waals surface area contributed by atoms with Crippen LogP contribution in [0.5, 0.6) is 5.75 Å². The lowest BCUT2D eigenvalue weighted by Gasteiger charge is -2.08. The number of hydrogen-bond donors (Lipinski definition) is 0. The van der Waals surface area contributed by atoms with Crippen molar-refractivity contribution in [3.63, 3.8) is 0 Å². The van der Waals surface area contributed by atoms with Gasteiger partial charge in [-0.15, -0.1) is 0 Å². The Kier molecular flexibility index (Phi) is 6.19. The maximum Gasteiger partial charge on any atom is 0.446 e. The molecule has 0 aromatic heterocycles. The number of alkyl halides is 4. The summed E-state index contributed by atoms with van der Waals surface area (Å²) in [5.74, 6) is 0.603. The lowest BCUT2D eigenvalue weighted by atomic mass is 10.3. The number of rotatable bonds is 6. The topological polar surface area (TPSA) is 9.23 Å². The number of hydrogen-bond acceptors (Lipinski definition) is 2. The zero-order valence-corrected chi connectivity index (χ0v) is 11.4. The van der Waals surface area contributed by atoms with Crippen LogP contribution in [0.3, 0.4) is 0 Å². The van der Waals surface area contributed by atoms with Crippen LogP contribution in [0.2, 0.25) is 0 Å². The summed E-state index contributed by atoms with van der Waals surface area (Å²) in [4.78, 5) is 0.172. The van der Waals surface area contributed by atoms with Gasteiger partial charge in [0, 0.05) is 10.2 Å².